The van der Waals surface area contributed by atoms with Crippen molar-refractivity contribution in [2.75, 3.05) is 0 Å². The maximum Gasteiger partial charge on any atom is 0.215 e. The van der Waals surface area contributed by atoms with Crippen molar-refractivity contribution in [1.82, 2.24) is 4.98 Å². The maximum absolute atomic E-state index is 5.92. The lowest BCUT2D eigenvalue weighted by Gasteiger charge is -2.24. The summed E-state index contributed by atoms with van der Waals surface area (Å²) in [6.45, 7) is 6.14. The fourth-order valence-corrected chi connectivity index (χ4v) is 1.93. The van der Waals surface area contributed by atoms with E-state index in [1.165, 1.54) is 0 Å². The Kier molecular flexibility index (Phi) is 3.71. The Morgan fingerprint density at radius 3 is 2.68 bits per heavy atom. The first kappa shape index (κ1) is 13.7. The molecule has 3 nitrogen and oxygen atoms in total. The summed E-state index contributed by atoms with van der Waals surface area (Å²) in [5, 5.41) is 0.955. The number of para-hydroxylation sites is 1. The van der Waals surface area contributed by atoms with Crippen LogP contribution in [-0.4, -0.2) is 15.6 Å². The third-order valence-electron chi connectivity index (χ3n) is 3.19. The number of hydrogen-bond donors (Lipinski definition) is 1. The molecule has 0 bridgehead atoms. The van der Waals surface area contributed by atoms with E-state index in [1.807, 2.05) is 44.2 Å². The number of nitrogens with two attached hydrogens (primary N) is 1. The highest BCUT2D eigenvalue weighted by atomic mass is 32.1. The molecule has 0 saturated carbocycles. The fourth-order valence-electron chi connectivity index (χ4n) is 1.76. The van der Waals surface area contributed by atoms with Crippen molar-refractivity contribution in [2.45, 2.75) is 32.8 Å². The Hall–Kier alpha value is -1.68. The number of pyridine rings is 1. The van der Waals surface area contributed by atoms with E-state index in [0.29, 0.717) is 10.9 Å². The van der Waals surface area contributed by atoms with Gasteiger partial charge in [-0.25, -0.2) is 4.98 Å². The van der Waals surface area contributed by atoms with E-state index in [4.69, 9.17) is 22.7 Å². The topological polar surface area (TPSA) is 48.1 Å². The monoisotopic (exact) mass is 274 g/mol. The molecule has 2 rings (SSSR count). The standard InChI is InChI=1S/C15H18N2OS/c1-4-15(2,3)18-13-9-11(14(16)19)10-7-5-6-8-12(10)17-13/h5-9H,4H2,1-3H3,(H2,16,19). The van der Waals surface area contributed by atoms with Crippen LogP contribution in [0, 0.1) is 0 Å². The molecule has 0 atom stereocenters. The highest BCUT2D eigenvalue weighted by Crippen LogP contribution is 2.25. The number of ether oxygens (including phenoxy) is 1. The van der Waals surface area contributed by atoms with Gasteiger partial charge in [0.15, 0.2) is 0 Å². The number of hydrogen-bond acceptors (Lipinski definition) is 3. The summed E-state index contributed by atoms with van der Waals surface area (Å²) in [4.78, 5) is 4.87. The molecule has 1 aromatic carbocycles. The van der Waals surface area contributed by atoms with Gasteiger partial charge in [0.25, 0.3) is 0 Å². The predicted octanol–water partition coefficient (Wildman–Crippen LogP) is 3.44. The van der Waals surface area contributed by atoms with E-state index in [0.717, 1.165) is 22.9 Å². The summed E-state index contributed by atoms with van der Waals surface area (Å²) < 4.78 is 5.92. The quantitative estimate of drug-likeness (QED) is 0.868. The van der Waals surface area contributed by atoms with E-state index < -0.39 is 0 Å². The summed E-state index contributed by atoms with van der Waals surface area (Å²) in [7, 11) is 0. The first-order valence-corrected chi connectivity index (χ1v) is 6.72. The molecule has 1 heterocycles. The zero-order chi connectivity index (χ0) is 14.0. The van der Waals surface area contributed by atoms with Gasteiger partial charge >= 0.3 is 0 Å². The summed E-state index contributed by atoms with van der Waals surface area (Å²) >= 11 is 5.11. The Morgan fingerprint density at radius 2 is 2.05 bits per heavy atom. The molecule has 4 heteroatoms. The van der Waals surface area contributed by atoms with Crippen LogP contribution in [0.2, 0.25) is 0 Å². The Morgan fingerprint density at radius 1 is 1.37 bits per heavy atom. The van der Waals surface area contributed by atoms with Gasteiger partial charge in [0.2, 0.25) is 5.88 Å². The lowest BCUT2D eigenvalue weighted by atomic mass is 10.1. The van der Waals surface area contributed by atoms with Crippen molar-refractivity contribution in [3.05, 3.63) is 35.9 Å². The Labute approximate surface area is 118 Å². The highest BCUT2D eigenvalue weighted by molar-refractivity contribution is 7.80. The molecule has 19 heavy (non-hydrogen) atoms. The van der Waals surface area contributed by atoms with E-state index in [-0.39, 0.29) is 5.60 Å². The number of thiocarbonyl (C=S) groups is 1. The van der Waals surface area contributed by atoms with Gasteiger partial charge in [-0.15, -0.1) is 0 Å². The van der Waals surface area contributed by atoms with Crippen LogP contribution in [0.25, 0.3) is 10.9 Å². The van der Waals surface area contributed by atoms with Gasteiger partial charge in [0.05, 0.1) is 5.52 Å². The summed E-state index contributed by atoms with van der Waals surface area (Å²) in [5.41, 5.74) is 7.18. The van der Waals surface area contributed by atoms with Crippen LogP contribution in [-0.2, 0) is 0 Å². The molecular formula is C15H18N2OS. The molecular weight excluding hydrogens is 256 g/mol. The zero-order valence-corrected chi connectivity index (χ0v) is 12.3. The van der Waals surface area contributed by atoms with Crippen LogP contribution < -0.4 is 10.5 Å². The molecule has 0 fully saturated rings. The number of benzene rings is 1. The molecule has 1 aromatic heterocycles. The second-order valence-corrected chi connectivity index (χ2v) is 5.54. The van der Waals surface area contributed by atoms with E-state index >= 15 is 0 Å². The van der Waals surface area contributed by atoms with E-state index in [9.17, 15) is 0 Å². The van der Waals surface area contributed by atoms with Crippen LogP contribution in [0.1, 0.15) is 32.8 Å². The van der Waals surface area contributed by atoms with E-state index in [1.54, 1.807) is 0 Å². The van der Waals surface area contributed by atoms with Gasteiger partial charge in [0.1, 0.15) is 10.6 Å². The zero-order valence-electron chi connectivity index (χ0n) is 11.4. The van der Waals surface area contributed by atoms with Crippen molar-refractivity contribution in [1.29, 1.82) is 0 Å². The minimum Gasteiger partial charge on any atom is -0.472 e. The van der Waals surface area contributed by atoms with Crippen LogP contribution in [0.4, 0.5) is 0 Å². The van der Waals surface area contributed by atoms with Gasteiger partial charge in [-0.3, -0.25) is 0 Å². The number of nitrogens with zero attached hydrogens (tertiary/aromatic N) is 1. The van der Waals surface area contributed by atoms with Crippen molar-refractivity contribution >= 4 is 28.1 Å². The molecule has 0 amide bonds. The second-order valence-electron chi connectivity index (χ2n) is 5.10. The highest BCUT2D eigenvalue weighted by Gasteiger charge is 2.19. The molecule has 0 aliphatic heterocycles. The summed E-state index contributed by atoms with van der Waals surface area (Å²) in [6.07, 6.45) is 0.893. The molecule has 0 aliphatic rings. The molecule has 0 saturated heterocycles. The van der Waals surface area contributed by atoms with Crippen LogP contribution in [0.15, 0.2) is 30.3 Å². The molecule has 0 radical (unpaired) electrons. The lowest BCUT2D eigenvalue weighted by molar-refractivity contribution is 0.0995. The molecule has 0 spiro atoms. The van der Waals surface area contributed by atoms with Gasteiger partial charge in [-0.2, -0.15) is 0 Å². The second kappa shape index (κ2) is 5.13. The normalized spacial score (nSPS) is 11.5. The van der Waals surface area contributed by atoms with Crippen molar-refractivity contribution in [2.24, 2.45) is 5.73 Å². The SMILES string of the molecule is CCC(C)(C)Oc1cc(C(N)=S)c2ccccc2n1. The molecule has 0 aliphatic carbocycles. The number of fused-ring (bicyclic) bond motifs is 1. The van der Waals surface area contributed by atoms with Gasteiger partial charge in [-0.1, -0.05) is 37.3 Å². The first-order valence-electron chi connectivity index (χ1n) is 6.31. The number of rotatable bonds is 4. The smallest absolute Gasteiger partial charge is 0.215 e. The van der Waals surface area contributed by atoms with Gasteiger partial charge < -0.3 is 10.5 Å². The third-order valence-corrected chi connectivity index (χ3v) is 3.41. The Bertz CT molecular complexity index is 623. The van der Waals surface area contributed by atoms with Crippen molar-refractivity contribution in [3.8, 4) is 5.88 Å². The Balaban J connectivity index is 2.55. The van der Waals surface area contributed by atoms with Crippen LogP contribution in [0.5, 0.6) is 5.88 Å². The number of aromatic nitrogens is 1. The van der Waals surface area contributed by atoms with Crippen molar-refractivity contribution in [3.63, 3.8) is 0 Å². The van der Waals surface area contributed by atoms with Gasteiger partial charge in [0, 0.05) is 17.0 Å². The first-order chi connectivity index (χ1) is 8.93. The third kappa shape index (κ3) is 3.01. The van der Waals surface area contributed by atoms with Crippen LogP contribution in [0.3, 0.4) is 0 Å². The predicted molar refractivity (Wildman–Crippen MR) is 82.6 cm³/mol. The minimum absolute atomic E-state index is 0.261. The maximum atomic E-state index is 5.92. The lowest BCUT2D eigenvalue weighted by Crippen LogP contribution is -2.27. The average molecular weight is 274 g/mol. The van der Waals surface area contributed by atoms with Crippen LogP contribution >= 0.6 is 12.2 Å². The fraction of sp³-hybridized carbons (Fsp3) is 0.333. The molecule has 2 N–H and O–H groups in total. The summed E-state index contributed by atoms with van der Waals surface area (Å²) in [5.74, 6) is 0.563. The summed E-state index contributed by atoms with van der Waals surface area (Å²) in [6, 6.07) is 9.60. The van der Waals surface area contributed by atoms with Gasteiger partial charge in [-0.05, 0) is 26.3 Å². The van der Waals surface area contributed by atoms with E-state index in [2.05, 4.69) is 11.9 Å². The average Bonchev–Trinajstić information content (AvgIpc) is 2.37. The van der Waals surface area contributed by atoms with Crippen molar-refractivity contribution < 1.29 is 4.74 Å². The molecule has 100 valence electrons. The molecule has 2 aromatic rings. The molecule has 0 unspecified atom stereocenters. The largest absolute Gasteiger partial charge is 0.472 e. The minimum atomic E-state index is -0.261.